The molecule has 7 heteroatoms. The van der Waals surface area contributed by atoms with Crippen LogP contribution in [-0.4, -0.2) is 41.2 Å². The summed E-state index contributed by atoms with van der Waals surface area (Å²) in [7, 11) is 1.59. The molecule has 0 radical (unpaired) electrons. The number of aromatic amines is 1. The zero-order valence-electron chi connectivity index (χ0n) is 13.6. The zero-order chi connectivity index (χ0) is 17.1. The molecule has 1 fully saturated rings. The molecule has 0 spiro atoms. The Morgan fingerprint density at radius 3 is 3.04 bits per heavy atom. The molecule has 6 nitrogen and oxygen atoms in total. The number of nitrogens with zero attached hydrogens (tertiary/aromatic N) is 2. The van der Waals surface area contributed by atoms with Crippen LogP contribution < -0.4 is 10.5 Å². The Morgan fingerprint density at radius 2 is 2.33 bits per heavy atom. The minimum atomic E-state index is -0.533. The number of nitrogens with two attached hydrogens (primary N) is 1. The fraction of sp³-hybridized carbons (Fsp3) is 0.412. The monoisotopic (exact) mass is 332 g/mol. The molecule has 0 bridgehead atoms. The smallest absolute Gasteiger partial charge is 0.269 e. The number of rotatable bonds is 5. The molecule has 1 aromatic carbocycles. The van der Waals surface area contributed by atoms with Gasteiger partial charge < -0.3 is 10.5 Å². The molecule has 128 valence electrons. The number of carbonyl (C=O) groups is 1. The number of methoxy groups -OCH3 is 1. The number of carbonyl (C=O) groups excluding carboxylic acids is 1. The van der Waals surface area contributed by atoms with E-state index in [1.54, 1.807) is 19.2 Å². The quantitative estimate of drug-likeness (QED) is 0.877. The summed E-state index contributed by atoms with van der Waals surface area (Å²) in [4.78, 5) is 13.4. The van der Waals surface area contributed by atoms with Gasteiger partial charge in [-0.05, 0) is 43.7 Å². The number of nitrogens with one attached hydrogen (secondary N) is 1. The minimum absolute atomic E-state index is 0.249. The number of likely N-dealkylation sites (tertiary alicyclic amines) is 1. The standard InChI is InChI=1S/C17H21FN4O2/c1-24-16-5-4-13(18)7-12(16)10-22-6-2-3-11(9-22)14-8-15(17(19)23)21-20-14/h4-5,7-8,11H,2-3,6,9-10H2,1H3,(H2,19,23)(H,20,21). The first-order chi connectivity index (χ1) is 11.6. The maximum Gasteiger partial charge on any atom is 0.269 e. The van der Waals surface area contributed by atoms with Gasteiger partial charge in [0.1, 0.15) is 17.3 Å². The number of primary amides is 1. The van der Waals surface area contributed by atoms with Gasteiger partial charge in [-0.3, -0.25) is 14.8 Å². The van der Waals surface area contributed by atoms with E-state index in [0.29, 0.717) is 12.3 Å². The second-order valence-electron chi connectivity index (χ2n) is 6.10. The van der Waals surface area contributed by atoms with Crippen molar-refractivity contribution in [1.82, 2.24) is 15.1 Å². The van der Waals surface area contributed by atoms with Crippen LogP contribution in [0.15, 0.2) is 24.3 Å². The van der Waals surface area contributed by atoms with Gasteiger partial charge in [0.05, 0.1) is 7.11 Å². The number of halogens is 1. The van der Waals surface area contributed by atoms with Crippen molar-refractivity contribution >= 4 is 5.91 Å². The van der Waals surface area contributed by atoms with Crippen LogP contribution >= 0.6 is 0 Å². The molecule has 1 atom stereocenters. The molecular formula is C17H21FN4O2. The summed E-state index contributed by atoms with van der Waals surface area (Å²) in [5.74, 6) is 0.142. The second kappa shape index (κ2) is 7.00. The Hall–Kier alpha value is -2.41. The van der Waals surface area contributed by atoms with E-state index < -0.39 is 5.91 Å². The number of ether oxygens (including phenoxy) is 1. The molecule has 1 unspecified atom stereocenters. The van der Waals surface area contributed by atoms with Crippen LogP contribution in [0.4, 0.5) is 4.39 Å². The van der Waals surface area contributed by atoms with Crippen molar-refractivity contribution in [1.29, 1.82) is 0 Å². The first-order valence-corrected chi connectivity index (χ1v) is 7.96. The van der Waals surface area contributed by atoms with Crippen LogP contribution in [0, 0.1) is 5.82 Å². The first kappa shape index (κ1) is 16.4. The van der Waals surface area contributed by atoms with E-state index in [0.717, 1.165) is 37.2 Å². The van der Waals surface area contributed by atoms with Gasteiger partial charge in [-0.15, -0.1) is 0 Å². The van der Waals surface area contributed by atoms with E-state index in [2.05, 4.69) is 15.1 Å². The summed E-state index contributed by atoms with van der Waals surface area (Å²) >= 11 is 0. The van der Waals surface area contributed by atoms with Crippen molar-refractivity contribution in [2.24, 2.45) is 5.73 Å². The van der Waals surface area contributed by atoms with Gasteiger partial charge in [-0.25, -0.2) is 4.39 Å². The zero-order valence-corrected chi connectivity index (χ0v) is 13.6. The van der Waals surface area contributed by atoms with Crippen molar-refractivity contribution in [3.05, 3.63) is 47.0 Å². The van der Waals surface area contributed by atoms with Gasteiger partial charge in [-0.2, -0.15) is 5.10 Å². The third kappa shape index (κ3) is 3.56. The lowest BCUT2D eigenvalue weighted by atomic mass is 9.94. The van der Waals surface area contributed by atoms with Gasteiger partial charge in [0, 0.05) is 30.3 Å². The Bertz CT molecular complexity index is 731. The number of hydrogen-bond donors (Lipinski definition) is 2. The number of H-pyrrole nitrogens is 1. The lowest BCUT2D eigenvalue weighted by Crippen LogP contribution is -2.34. The molecular weight excluding hydrogens is 311 g/mol. The Morgan fingerprint density at radius 1 is 1.50 bits per heavy atom. The van der Waals surface area contributed by atoms with Gasteiger partial charge in [0.25, 0.3) is 5.91 Å². The summed E-state index contributed by atoms with van der Waals surface area (Å²) in [5, 5.41) is 6.86. The number of piperidine rings is 1. The van der Waals surface area contributed by atoms with Gasteiger partial charge in [0.15, 0.2) is 0 Å². The lowest BCUT2D eigenvalue weighted by Gasteiger charge is -2.32. The largest absolute Gasteiger partial charge is 0.496 e. The average molecular weight is 332 g/mol. The summed E-state index contributed by atoms with van der Waals surface area (Å²) in [6.45, 7) is 2.36. The number of aromatic nitrogens is 2. The highest BCUT2D eigenvalue weighted by molar-refractivity contribution is 5.90. The molecule has 1 amide bonds. The van der Waals surface area contributed by atoms with Crippen molar-refractivity contribution < 1.29 is 13.9 Å². The average Bonchev–Trinajstić information content (AvgIpc) is 3.06. The van der Waals surface area contributed by atoms with Gasteiger partial charge in [0.2, 0.25) is 0 Å². The van der Waals surface area contributed by atoms with E-state index in [9.17, 15) is 9.18 Å². The SMILES string of the molecule is COc1ccc(F)cc1CN1CCCC(c2cc(C(N)=O)n[nH]2)C1. The van der Waals surface area contributed by atoms with Gasteiger partial charge >= 0.3 is 0 Å². The van der Waals surface area contributed by atoms with Crippen LogP contribution in [0.2, 0.25) is 0 Å². The molecule has 3 rings (SSSR count). The molecule has 0 saturated carbocycles. The molecule has 1 aliphatic rings. The van der Waals surface area contributed by atoms with Crippen LogP contribution in [0.1, 0.15) is 40.5 Å². The van der Waals surface area contributed by atoms with Crippen LogP contribution in [0.25, 0.3) is 0 Å². The minimum Gasteiger partial charge on any atom is -0.496 e. The summed E-state index contributed by atoms with van der Waals surface area (Å²) in [5.41, 5.74) is 7.26. The van der Waals surface area contributed by atoms with Crippen molar-refractivity contribution in [2.45, 2.75) is 25.3 Å². The van der Waals surface area contributed by atoms with E-state index >= 15 is 0 Å². The summed E-state index contributed by atoms with van der Waals surface area (Å²) in [6.07, 6.45) is 2.03. The lowest BCUT2D eigenvalue weighted by molar-refractivity contribution is 0.0995. The maximum absolute atomic E-state index is 13.5. The molecule has 1 aliphatic heterocycles. The molecule has 1 saturated heterocycles. The molecule has 1 aromatic heterocycles. The van der Waals surface area contributed by atoms with Crippen LogP contribution in [0.5, 0.6) is 5.75 Å². The summed E-state index contributed by atoms with van der Waals surface area (Å²) < 4.78 is 18.8. The van der Waals surface area contributed by atoms with Crippen molar-refractivity contribution in [2.75, 3.05) is 20.2 Å². The van der Waals surface area contributed by atoms with E-state index in [4.69, 9.17) is 10.5 Å². The Kier molecular flexibility index (Phi) is 4.80. The van der Waals surface area contributed by atoms with Crippen LogP contribution in [0.3, 0.4) is 0 Å². The molecule has 2 aromatic rings. The fourth-order valence-electron chi connectivity index (χ4n) is 3.24. The Labute approximate surface area is 139 Å². The molecule has 24 heavy (non-hydrogen) atoms. The van der Waals surface area contributed by atoms with E-state index in [1.165, 1.54) is 12.1 Å². The molecule has 3 N–H and O–H groups in total. The van der Waals surface area contributed by atoms with Crippen molar-refractivity contribution in [3.63, 3.8) is 0 Å². The number of amides is 1. The van der Waals surface area contributed by atoms with E-state index in [1.807, 2.05) is 0 Å². The van der Waals surface area contributed by atoms with Crippen LogP contribution in [-0.2, 0) is 6.54 Å². The molecule has 2 heterocycles. The third-order valence-corrected chi connectivity index (χ3v) is 4.43. The fourth-order valence-corrected chi connectivity index (χ4v) is 3.24. The topological polar surface area (TPSA) is 84.2 Å². The Balaban J connectivity index is 1.71. The number of hydrogen-bond acceptors (Lipinski definition) is 4. The second-order valence-corrected chi connectivity index (χ2v) is 6.10. The predicted octanol–water partition coefficient (Wildman–Crippen LogP) is 2.04. The third-order valence-electron chi connectivity index (χ3n) is 4.43. The number of benzene rings is 1. The predicted molar refractivity (Wildman–Crippen MR) is 87.3 cm³/mol. The highest BCUT2D eigenvalue weighted by atomic mass is 19.1. The molecule has 0 aliphatic carbocycles. The normalized spacial score (nSPS) is 18.5. The highest BCUT2D eigenvalue weighted by Gasteiger charge is 2.24. The first-order valence-electron chi connectivity index (χ1n) is 7.96. The van der Waals surface area contributed by atoms with Crippen molar-refractivity contribution in [3.8, 4) is 5.75 Å². The van der Waals surface area contributed by atoms with E-state index in [-0.39, 0.29) is 17.4 Å². The maximum atomic E-state index is 13.5. The van der Waals surface area contributed by atoms with Gasteiger partial charge in [-0.1, -0.05) is 0 Å². The summed E-state index contributed by atoms with van der Waals surface area (Å²) in [6, 6.07) is 6.29. The highest BCUT2D eigenvalue weighted by Crippen LogP contribution is 2.29.